The van der Waals surface area contributed by atoms with Gasteiger partial charge in [0.15, 0.2) is 18.1 Å². The van der Waals surface area contributed by atoms with Gasteiger partial charge in [0.05, 0.1) is 5.56 Å². The maximum Gasteiger partial charge on any atom is 0.338 e. The number of rotatable bonds is 3. The molecule has 0 N–H and O–H groups in total. The first-order chi connectivity index (χ1) is 12.0. The topological polar surface area (TPSA) is 85.4 Å². The van der Waals surface area contributed by atoms with Crippen LogP contribution < -0.4 is 9.47 Å². The van der Waals surface area contributed by atoms with E-state index >= 15 is 0 Å². The molecule has 8 heteroatoms. The molecule has 2 amide bonds. The van der Waals surface area contributed by atoms with Gasteiger partial charge in [-0.05, 0) is 18.2 Å². The second-order valence-electron chi connectivity index (χ2n) is 5.82. The molecule has 0 saturated carbocycles. The number of carbonyl (C=O) groups is 3. The highest BCUT2D eigenvalue weighted by Gasteiger charge is 2.23. The first-order valence-corrected chi connectivity index (χ1v) is 8.14. The van der Waals surface area contributed by atoms with Gasteiger partial charge in [0.25, 0.3) is 5.91 Å². The van der Waals surface area contributed by atoms with Crippen molar-refractivity contribution in [3.63, 3.8) is 0 Å². The third-order valence-electron chi connectivity index (χ3n) is 4.18. The van der Waals surface area contributed by atoms with Gasteiger partial charge in [-0.15, -0.1) is 0 Å². The smallest absolute Gasteiger partial charge is 0.338 e. The van der Waals surface area contributed by atoms with Gasteiger partial charge >= 0.3 is 5.97 Å². The van der Waals surface area contributed by atoms with Crippen molar-refractivity contribution in [2.24, 2.45) is 0 Å². The fourth-order valence-corrected chi connectivity index (χ4v) is 2.74. The molecule has 1 fully saturated rings. The lowest BCUT2D eigenvalue weighted by molar-refractivity contribution is -0.140. The van der Waals surface area contributed by atoms with Crippen molar-refractivity contribution in [3.05, 3.63) is 23.8 Å². The van der Waals surface area contributed by atoms with Crippen LogP contribution in [-0.4, -0.2) is 73.6 Å². The molecular formula is C17H20N2O6. The number of esters is 1. The molecule has 1 aromatic carbocycles. The maximum atomic E-state index is 12.1. The summed E-state index contributed by atoms with van der Waals surface area (Å²) in [6, 6.07) is 4.77. The summed E-state index contributed by atoms with van der Waals surface area (Å²) >= 11 is 0. The lowest BCUT2D eigenvalue weighted by Crippen LogP contribution is -2.51. The number of piperazine rings is 1. The Morgan fingerprint density at radius 3 is 2.32 bits per heavy atom. The molecule has 0 radical (unpaired) electrons. The van der Waals surface area contributed by atoms with E-state index < -0.39 is 5.97 Å². The molecule has 134 valence electrons. The van der Waals surface area contributed by atoms with Gasteiger partial charge in [-0.2, -0.15) is 0 Å². The van der Waals surface area contributed by atoms with Crippen LogP contribution in [0.5, 0.6) is 11.5 Å². The molecule has 8 nitrogen and oxygen atoms in total. The highest BCUT2D eigenvalue weighted by Crippen LogP contribution is 2.30. The number of carbonyl (C=O) groups excluding carboxylic acids is 3. The number of amides is 2. The van der Waals surface area contributed by atoms with Gasteiger partial charge in [-0.1, -0.05) is 0 Å². The minimum atomic E-state index is -0.590. The van der Waals surface area contributed by atoms with E-state index in [4.69, 9.17) is 14.2 Å². The number of hydrogen-bond donors (Lipinski definition) is 0. The van der Waals surface area contributed by atoms with Gasteiger partial charge in [0, 0.05) is 33.1 Å². The van der Waals surface area contributed by atoms with E-state index in [2.05, 4.69) is 0 Å². The summed E-state index contributed by atoms with van der Waals surface area (Å²) in [5, 5.41) is 0. The standard InChI is InChI=1S/C17H20N2O6/c1-12(20)18-4-6-19(7-5-18)16(21)11-25-17(22)13-2-3-14-15(10-13)24-9-8-23-14/h2-3,10H,4-9,11H2,1H3. The molecule has 0 aromatic heterocycles. The summed E-state index contributed by atoms with van der Waals surface area (Å²) < 4.78 is 15.9. The highest BCUT2D eigenvalue weighted by molar-refractivity contribution is 5.92. The number of benzene rings is 1. The van der Waals surface area contributed by atoms with Crippen LogP contribution in [0.1, 0.15) is 17.3 Å². The largest absolute Gasteiger partial charge is 0.486 e. The third-order valence-corrected chi connectivity index (χ3v) is 4.18. The Labute approximate surface area is 145 Å². The Morgan fingerprint density at radius 1 is 1.00 bits per heavy atom. The van der Waals surface area contributed by atoms with Crippen LogP contribution in [0, 0.1) is 0 Å². The Hall–Kier alpha value is -2.77. The Bertz CT molecular complexity index is 682. The molecule has 0 spiro atoms. The van der Waals surface area contributed by atoms with E-state index in [1.165, 1.54) is 6.92 Å². The fraction of sp³-hybridized carbons (Fsp3) is 0.471. The molecule has 1 aromatic rings. The van der Waals surface area contributed by atoms with Crippen LogP contribution in [0.4, 0.5) is 0 Å². The van der Waals surface area contributed by atoms with Crippen molar-refractivity contribution in [1.82, 2.24) is 9.80 Å². The zero-order valence-corrected chi connectivity index (χ0v) is 14.0. The Kier molecular flexibility index (Phi) is 5.06. The van der Waals surface area contributed by atoms with E-state index in [9.17, 15) is 14.4 Å². The predicted octanol–water partition coefficient (Wildman–Crippen LogP) is 0.305. The molecule has 25 heavy (non-hydrogen) atoms. The minimum absolute atomic E-state index is 0.00265. The first kappa shape index (κ1) is 17.1. The van der Waals surface area contributed by atoms with Crippen LogP contribution in [0.3, 0.4) is 0 Å². The van der Waals surface area contributed by atoms with Gasteiger partial charge in [-0.3, -0.25) is 9.59 Å². The summed E-state index contributed by atoms with van der Waals surface area (Å²) in [6.07, 6.45) is 0. The van der Waals surface area contributed by atoms with Gasteiger partial charge in [0.2, 0.25) is 5.91 Å². The van der Waals surface area contributed by atoms with Crippen LogP contribution >= 0.6 is 0 Å². The monoisotopic (exact) mass is 348 g/mol. The zero-order valence-electron chi connectivity index (χ0n) is 14.0. The van der Waals surface area contributed by atoms with Crippen LogP contribution in [-0.2, 0) is 14.3 Å². The SMILES string of the molecule is CC(=O)N1CCN(C(=O)COC(=O)c2ccc3c(c2)OCCO3)CC1. The van der Waals surface area contributed by atoms with Gasteiger partial charge in [-0.25, -0.2) is 4.79 Å². The summed E-state index contributed by atoms with van der Waals surface area (Å²) in [6.45, 7) is 3.96. The van der Waals surface area contributed by atoms with Crippen molar-refractivity contribution in [2.75, 3.05) is 46.0 Å². The van der Waals surface area contributed by atoms with E-state index in [0.717, 1.165) is 0 Å². The van der Waals surface area contributed by atoms with E-state index in [1.54, 1.807) is 28.0 Å². The van der Waals surface area contributed by atoms with E-state index in [0.29, 0.717) is 56.5 Å². The Balaban J connectivity index is 1.50. The first-order valence-electron chi connectivity index (χ1n) is 8.14. The van der Waals surface area contributed by atoms with Gasteiger partial charge < -0.3 is 24.0 Å². The second-order valence-corrected chi connectivity index (χ2v) is 5.82. The molecule has 2 heterocycles. The highest BCUT2D eigenvalue weighted by atomic mass is 16.6. The minimum Gasteiger partial charge on any atom is -0.486 e. The van der Waals surface area contributed by atoms with E-state index in [-0.39, 0.29) is 18.4 Å². The van der Waals surface area contributed by atoms with Gasteiger partial charge in [0.1, 0.15) is 13.2 Å². The normalized spacial score (nSPS) is 16.4. The van der Waals surface area contributed by atoms with Crippen molar-refractivity contribution in [3.8, 4) is 11.5 Å². The lowest BCUT2D eigenvalue weighted by Gasteiger charge is -2.34. The lowest BCUT2D eigenvalue weighted by atomic mass is 10.2. The average molecular weight is 348 g/mol. The summed E-state index contributed by atoms with van der Waals surface area (Å²) in [5.74, 6) is 0.216. The molecular weight excluding hydrogens is 328 g/mol. The van der Waals surface area contributed by atoms with Crippen molar-refractivity contribution >= 4 is 17.8 Å². The second kappa shape index (κ2) is 7.42. The van der Waals surface area contributed by atoms with Crippen LogP contribution in [0.25, 0.3) is 0 Å². The van der Waals surface area contributed by atoms with Crippen LogP contribution in [0.2, 0.25) is 0 Å². The molecule has 2 aliphatic heterocycles. The molecule has 0 aliphatic carbocycles. The van der Waals surface area contributed by atoms with Crippen LogP contribution in [0.15, 0.2) is 18.2 Å². The maximum absolute atomic E-state index is 12.1. The molecule has 3 rings (SSSR count). The third kappa shape index (κ3) is 4.01. The zero-order chi connectivity index (χ0) is 17.8. The number of fused-ring (bicyclic) bond motifs is 1. The average Bonchev–Trinajstić information content (AvgIpc) is 2.65. The molecule has 0 bridgehead atoms. The molecule has 1 saturated heterocycles. The van der Waals surface area contributed by atoms with Crippen molar-refractivity contribution < 1.29 is 28.6 Å². The van der Waals surface area contributed by atoms with E-state index in [1.807, 2.05) is 0 Å². The molecule has 0 atom stereocenters. The number of ether oxygens (including phenoxy) is 3. The quantitative estimate of drug-likeness (QED) is 0.731. The van der Waals surface area contributed by atoms with Crippen molar-refractivity contribution in [1.29, 1.82) is 0 Å². The summed E-state index contributed by atoms with van der Waals surface area (Å²) in [7, 11) is 0. The fourth-order valence-electron chi connectivity index (χ4n) is 2.74. The Morgan fingerprint density at radius 2 is 1.64 bits per heavy atom. The van der Waals surface area contributed by atoms with Crippen molar-refractivity contribution in [2.45, 2.75) is 6.92 Å². The molecule has 0 unspecified atom stereocenters. The summed E-state index contributed by atoms with van der Waals surface area (Å²) in [5.41, 5.74) is 0.304. The number of hydrogen-bond acceptors (Lipinski definition) is 6. The molecule has 2 aliphatic rings. The predicted molar refractivity (Wildman–Crippen MR) is 86.5 cm³/mol. The summed E-state index contributed by atoms with van der Waals surface area (Å²) in [4.78, 5) is 38.8. The number of nitrogens with zero attached hydrogens (tertiary/aromatic N) is 2.